The van der Waals surface area contributed by atoms with Crippen LogP contribution in [-0.4, -0.2) is 40.6 Å². The van der Waals surface area contributed by atoms with Gasteiger partial charge in [0.05, 0.1) is 11.2 Å². The Morgan fingerprint density at radius 1 is 1.00 bits per heavy atom. The number of likely N-dealkylation sites (N-methyl/N-ethyl adjacent to an activating group) is 1. The second-order valence-corrected chi connectivity index (χ2v) is 8.03. The van der Waals surface area contributed by atoms with E-state index in [4.69, 9.17) is 16.6 Å². The zero-order valence-corrected chi connectivity index (χ0v) is 19.7. The minimum Gasteiger partial charge on any atom is -0.334 e. The lowest BCUT2D eigenvalue weighted by atomic mass is 10.1. The average molecular weight is 457 g/mol. The first-order chi connectivity index (χ1) is 14.7. The second kappa shape index (κ2) is 11.0. The van der Waals surface area contributed by atoms with Crippen molar-refractivity contribution in [2.45, 2.75) is 26.9 Å². The van der Waals surface area contributed by atoms with E-state index >= 15 is 0 Å². The summed E-state index contributed by atoms with van der Waals surface area (Å²) in [5.41, 5.74) is 4.71. The third-order valence-corrected chi connectivity index (χ3v) is 6.01. The molecule has 164 valence electrons. The summed E-state index contributed by atoms with van der Waals surface area (Å²) in [6.45, 7) is 10.1. The Morgan fingerprint density at radius 2 is 1.81 bits per heavy atom. The van der Waals surface area contributed by atoms with Crippen LogP contribution in [-0.2, 0) is 13.1 Å². The van der Waals surface area contributed by atoms with Crippen molar-refractivity contribution in [2.75, 3.05) is 26.2 Å². The molecule has 0 atom stereocenters. The molecular weight excluding hydrogens is 427 g/mol. The van der Waals surface area contributed by atoms with Crippen LogP contribution in [0.25, 0.3) is 21.8 Å². The van der Waals surface area contributed by atoms with Gasteiger partial charge in [0.25, 0.3) is 0 Å². The molecule has 1 N–H and O–H groups in total. The topological polar surface area (TPSA) is 33.1 Å². The first kappa shape index (κ1) is 23.6. The summed E-state index contributed by atoms with van der Waals surface area (Å²) < 4.78 is 2.38. The molecule has 2 aromatic heterocycles. The van der Waals surface area contributed by atoms with Gasteiger partial charge >= 0.3 is 0 Å². The van der Waals surface area contributed by atoms with Crippen molar-refractivity contribution >= 4 is 45.8 Å². The summed E-state index contributed by atoms with van der Waals surface area (Å²) in [6, 6.07) is 18.8. The molecule has 31 heavy (non-hydrogen) atoms. The molecule has 0 aliphatic carbocycles. The van der Waals surface area contributed by atoms with Gasteiger partial charge in [0, 0.05) is 53.7 Å². The molecule has 0 bridgehead atoms. The highest BCUT2D eigenvalue weighted by Gasteiger charge is 2.15. The Labute approximate surface area is 195 Å². The molecule has 0 spiro atoms. The maximum atomic E-state index is 6.25. The molecule has 0 radical (unpaired) electrons. The van der Waals surface area contributed by atoms with E-state index < -0.39 is 0 Å². The van der Waals surface area contributed by atoms with Gasteiger partial charge in [0.1, 0.15) is 0 Å². The number of nitrogens with one attached hydrogen (secondary N) is 1. The first-order valence-electron chi connectivity index (χ1n) is 10.7. The van der Waals surface area contributed by atoms with Crippen LogP contribution in [0.3, 0.4) is 0 Å². The molecule has 0 saturated heterocycles. The van der Waals surface area contributed by atoms with E-state index in [-0.39, 0.29) is 12.4 Å². The van der Waals surface area contributed by atoms with E-state index in [0.29, 0.717) is 0 Å². The summed E-state index contributed by atoms with van der Waals surface area (Å²) in [6.07, 6.45) is 1.93. The van der Waals surface area contributed by atoms with Crippen molar-refractivity contribution in [1.29, 1.82) is 0 Å². The molecule has 2 heterocycles. The number of para-hydroxylation sites is 1. The highest BCUT2D eigenvalue weighted by molar-refractivity contribution is 6.30. The third kappa shape index (κ3) is 5.21. The van der Waals surface area contributed by atoms with Crippen molar-refractivity contribution < 1.29 is 0 Å². The molecule has 0 fully saturated rings. The minimum atomic E-state index is 0. The predicted octanol–water partition coefficient (Wildman–Crippen LogP) is 5.74. The summed E-state index contributed by atoms with van der Waals surface area (Å²) in [7, 11) is 0. The van der Waals surface area contributed by atoms with E-state index in [2.05, 4.69) is 65.0 Å². The Kier molecular flexibility index (Phi) is 8.33. The number of fused-ring (bicyclic) bond motifs is 3. The molecule has 0 aliphatic heterocycles. The molecule has 2 aromatic carbocycles. The summed E-state index contributed by atoms with van der Waals surface area (Å²) in [5, 5.41) is 6.89. The number of hydrogen-bond acceptors (Lipinski definition) is 3. The van der Waals surface area contributed by atoms with Crippen LogP contribution in [0.4, 0.5) is 0 Å². The highest BCUT2D eigenvalue weighted by atomic mass is 35.5. The molecule has 4 nitrogen and oxygen atoms in total. The van der Waals surface area contributed by atoms with E-state index in [1.54, 1.807) is 0 Å². The molecular formula is C25H30Cl2N4. The fraction of sp³-hybridized carbons (Fsp3) is 0.320. The van der Waals surface area contributed by atoms with Crippen molar-refractivity contribution in [2.24, 2.45) is 0 Å². The van der Waals surface area contributed by atoms with Gasteiger partial charge in [0.15, 0.2) is 0 Å². The number of aromatic nitrogens is 2. The van der Waals surface area contributed by atoms with Gasteiger partial charge in [-0.1, -0.05) is 55.8 Å². The number of rotatable bonds is 9. The number of nitrogens with zero attached hydrogens (tertiary/aromatic N) is 3. The monoisotopic (exact) mass is 456 g/mol. The lowest BCUT2D eigenvalue weighted by Crippen LogP contribution is -2.31. The van der Waals surface area contributed by atoms with Crippen molar-refractivity contribution in [3.63, 3.8) is 0 Å². The maximum Gasteiger partial charge on any atom is 0.0784 e. The Balaban J connectivity index is 0.00000272. The van der Waals surface area contributed by atoms with Crippen LogP contribution < -0.4 is 5.32 Å². The van der Waals surface area contributed by atoms with Crippen LogP contribution in [0.1, 0.15) is 25.1 Å². The summed E-state index contributed by atoms with van der Waals surface area (Å²) in [4.78, 5) is 7.18. The van der Waals surface area contributed by atoms with Gasteiger partial charge in [-0.2, -0.15) is 0 Å². The lowest BCUT2D eigenvalue weighted by molar-refractivity contribution is 0.302. The number of halogens is 2. The van der Waals surface area contributed by atoms with Crippen molar-refractivity contribution in [3.8, 4) is 0 Å². The lowest BCUT2D eigenvalue weighted by Gasteiger charge is -2.18. The van der Waals surface area contributed by atoms with E-state index in [9.17, 15) is 0 Å². The molecule has 6 heteroatoms. The minimum absolute atomic E-state index is 0. The molecule has 0 saturated carbocycles. The van der Waals surface area contributed by atoms with E-state index in [0.717, 1.165) is 50.0 Å². The first-order valence-corrected chi connectivity index (χ1v) is 11.1. The largest absolute Gasteiger partial charge is 0.334 e. The smallest absolute Gasteiger partial charge is 0.0784 e. The van der Waals surface area contributed by atoms with Crippen LogP contribution in [0, 0.1) is 0 Å². The fourth-order valence-electron chi connectivity index (χ4n) is 4.17. The predicted molar refractivity (Wildman–Crippen MR) is 135 cm³/mol. The van der Waals surface area contributed by atoms with Gasteiger partial charge in [-0.05, 0) is 42.9 Å². The van der Waals surface area contributed by atoms with Gasteiger partial charge in [0.2, 0.25) is 0 Å². The number of benzene rings is 2. The normalized spacial score (nSPS) is 11.4. The van der Waals surface area contributed by atoms with Crippen molar-refractivity contribution in [1.82, 2.24) is 19.8 Å². The van der Waals surface area contributed by atoms with Crippen LogP contribution in [0.15, 0.2) is 60.8 Å². The quantitative estimate of drug-likeness (QED) is 0.325. The van der Waals surface area contributed by atoms with Gasteiger partial charge in [-0.25, -0.2) is 0 Å². The summed E-state index contributed by atoms with van der Waals surface area (Å²) >= 11 is 6.25. The molecule has 0 unspecified atom stereocenters. The zero-order valence-electron chi connectivity index (χ0n) is 18.1. The molecule has 4 aromatic rings. The Morgan fingerprint density at radius 3 is 2.58 bits per heavy atom. The third-order valence-electron chi connectivity index (χ3n) is 5.78. The van der Waals surface area contributed by atoms with E-state index in [1.165, 1.54) is 27.4 Å². The number of pyridine rings is 1. The van der Waals surface area contributed by atoms with E-state index in [1.807, 2.05) is 24.4 Å². The Hall–Kier alpha value is -2.11. The van der Waals surface area contributed by atoms with Crippen LogP contribution >= 0.6 is 24.0 Å². The standard InChI is InChI=1S/C25H29ClN4.ClH/c1-3-29(4-2)15-14-27-17-23-25-22(12-13-28-23)21-10-5-6-11-24(21)30(25)18-19-8-7-9-20(26)16-19;/h5-13,16,27H,3-4,14-15,17-18H2,1-2H3;1H. The molecule has 0 aliphatic rings. The van der Waals surface area contributed by atoms with Crippen LogP contribution in [0.2, 0.25) is 5.02 Å². The Bertz CT molecular complexity index is 1130. The fourth-order valence-corrected chi connectivity index (χ4v) is 4.38. The number of hydrogen-bond donors (Lipinski definition) is 1. The molecule has 4 rings (SSSR count). The SMILES string of the molecule is CCN(CC)CCNCc1nccc2c3ccccc3n(Cc3cccc(Cl)c3)c12.Cl. The highest BCUT2D eigenvalue weighted by Crippen LogP contribution is 2.31. The average Bonchev–Trinajstić information content (AvgIpc) is 3.08. The zero-order chi connectivity index (χ0) is 20.9. The maximum absolute atomic E-state index is 6.25. The van der Waals surface area contributed by atoms with Gasteiger partial charge < -0.3 is 14.8 Å². The van der Waals surface area contributed by atoms with Gasteiger partial charge in [-0.3, -0.25) is 4.98 Å². The second-order valence-electron chi connectivity index (χ2n) is 7.59. The van der Waals surface area contributed by atoms with Crippen LogP contribution in [0.5, 0.6) is 0 Å². The summed E-state index contributed by atoms with van der Waals surface area (Å²) in [5.74, 6) is 0. The molecule has 0 amide bonds. The van der Waals surface area contributed by atoms with Gasteiger partial charge in [-0.15, -0.1) is 12.4 Å². The van der Waals surface area contributed by atoms with Crippen molar-refractivity contribution in [3.05, 3.63) is 77.1 Å².